The third-order valence-corrected chi connectivity index (χ3v) is 7.06. The van der Waals surface area contributed by atoms with Gasteiger partial charge in [-0.15, -0.1) is 0 Å². The van der Waals surface area contributed by atoms with Crippen LogP contribution in [0.2, 0.25) is 0 Å². The molecule has 0 aromatic heterocycles. The summed E-state index contributed by atoms with van der Waals surface area (Å²) in [5, 5.41) is 3.01. The quantitative estimate of drug-likeness (QED) is 0.279. The van der Waals surface area contributed by atoms with Crippen LogP contribution in [-0.4, -0.2) is 35.9 Å². The lowest BCUT2D eigenvalue weighted by Crippen LogP contribution is -2.51. The van der Waals surface area contributed by atoms with Crippen molar-refractivity contribution in [2.24, 2.45) is 0 Å². The zero-order chi connectivity index (χ0) is 27.7. The third-order valence-electron chi connectivity index (χ3n) is 6.44. The number of hydrogen-bond donors (Lipinski definition) is 1. The largest absolute Gasteiger partial charge is 0.483 e. The molecule has 38 heavy (non-hydrogen) atoms. The second-order valence-corrected chi connectivity index (χ2v) is 11.5. The monoisotopic (exact) mass is 578 g/mol. The Labute approximate surface area is 235 Å². The summed E-state index contributed by atoms with van der Waals surface area (Å²) in [7, 11) is 0. The molecule has 3 aromatic carbocycles. The summed E-state index contributed by atoms with van der Waals surface area (Å²) in [6, 6.07) is 23.1. The van der Waals surface area contributed by atoms with Crippen LogP contribution in [-0.2, 0) is 28.0 Å². The Kier molecular flexibility index (Phi) is 10.5. The van der Waals surface area contributed by atoms with E-state index in [0.717, 1.165) is 27.6 Å². The summed E-state index contributed by atoms with van der Waals surface area (Å²) in [6.45, 7) is 11.2. The number of ether oxygens (including phenoxy) is 1. The summed E-state index contributed by atoms with van der Waals surface area (Å²) in [4.78, 5) is 28.8. The van der Waals surface area contributed by atoms with E-state index in [2.05, 4.69) is 42.0 Å². The molecule has 0 heterocycles. The smallest absolute Gasteiger partial charge is 0.261 e. The summed E-state index contributed by atoms with van der Waals surface area (Å²) in [5.74, 6) is 0.188. The van der Waals surface area contributed by atoms with Gasteiger partial charge in [0.15, 0.2) is 6.61 Å². The van der Waals surface area contributed by atoms with Gasteiger partial charge in [0.05, 0.1) is 4.47 Å². The lowest BCUT2D eigenvalue weighted by molar-refractivity contribution is -0.142. The number of hydrogen-bond acceptors (Lipinski definition) is 3. The van der Waals surface area contributed by atoms with Crippen molar-refractivity contribution >= 4 is 27.7 Å². The van der Waals surface area contributed by atoms with Crippen LogP contribution in [0.1, 0.15) is 56.4 Å². The Morgan fingerprint density at radius 3 is 2.26 bits per heavy atom. The first-order valence-corrected chi connectivity index (χ1v) is 14.0. The number of halogens is 1. The molecule has 0 aliphatic rings. The number of nitrogens with one attached hydrogen (secondary N) is 1. The van der Waals surface area contributed by atoms with Crippen LogP contribution >= 0.6 is 15.9 Å². The average molecular weight is 580 g/mol. The van der Waals surface area contributed by atoms with Crippen LogP contribution < -0.4 is 10.1 Å². The molecule has 2 amide bonds. The van der Waals surface area contributed by atoms with Gasteiger partial charge >= 0.3 is 0 Å². The van der Waals surface area contributed by atoms with Crippen molar-refractivity contribution in [2.45, 2.75) is 65.5 Å². The number of benzene rings is 3. The van der Waals surface area contributed by atoms with Crippen molar-refractivity contribution in [1.29, 1.82) is 0 Å². The second kappa shape index (κ2) is 13.6. The van der Waals surface area contributed by atoms with E-state index in [-0.39, 0.29) is 23.8 Å². The SMILES string of the molecule is CCCNC(=O)[C@@H](Cc1ccccc1)N(Cc1ccc(C)cc1)C(=O)COc1ccc(C(C)(C)C)cc1Br. The maximum atomic E-state index is 13.7. The molecule has 0 spiro atoms. The minimum Gasteiger partial charge on any atom is -0.483 e. The first-order valence-electron chi connectivity index (χ1n) is 13.2. The van der Waals surface area contributed by atoms with Crippen LogP contribution in [0.15, 0.2) is 77.3 Å². The fraction of sp³-hybridized carbons (Fsp3) is 0.375. The summed E-state index contributed by atoms with van der Waals surface area (Å²) in [5.41, 5.74) is 4.26. The Balaban J connectivity index is 1.89. The molecular formula is C32H39BrN2O3. The summed E-state index contributed by atoms with van der Waals surface area (Å²) < 4.78 is 6.79. The third kappa shape index (κ3) is 8.45. The van der Waals surface area contributed by atoms with E-state index in [1.807, 2.05) is 86.6 Å². The van der Waals surface area contributed by atoms with E-state index in [1.165, 1.54) is 5.56 Å². The van der Waals surface area contributed by atoms with Gasteiger partial charge in [0, 0.05) is 19.5 Å². The van der Waals surface area contributed by atoms with Gasteiger partial charge in [0.1, 0.15) is 11.8 Å². The van der Waals surface area contributed by atoms with Crippen molar-refractivity contribution in [2.75, 3.05) is 13.2 Å². The van der Waals surface area contributed by atoms with Gasteiger partial charge in [0.25, 0.3) is 5.91 Å². The molecule has 0 fully saturated rings. The average Bonchev–Trinajstić information content (AvgIpc) is 2.89. The number of carbonyl (C=O) groups excluding carboxylic acids is 2. The molecule has 0 aliphatic heterocycles. The van der Waals surface area contributed by atoms with Crippen molar-refractivity contribution in [1.82, 2.24) is 10.2 Å². The van der Waals surface area contributed by atoms with Gasteiger partial charge in [-0.3, -0.25) is 9.59 Å². The molecule has 0 radical (unpaired) electrons. The lowest BCUT2D eigenvalue weighted by atomic mass is 9.87. The molecule has 0 aliphatic carbocycles. The number of aryl methyl sites for hydroxylation is 1. The highest BCUT2D eigenvalue weighted by Gasteiger charge is 2.30. The molecule has 0 saturated carbocycles. The molecule has 0 bridgehead atoms. The van der Waals surface area contributed by atoms with Crippen molar-refractivity contribution in [3.8, 4) is 5.75 Å². The number of nitrogens with zero attached hydrogens (tertiary/aromatic N) is 1. The fourth-order valence-corrected chi connectivity index (χ4v) is 4.61. The Bertz CT molecular complexity index is 1200. The molecule has 5 nitrogen and oxygen atoms in total. The van der Waals surface area contributed by atoms with Gasteiger partial charge in [0.2, 0.25) is 5.91 Å². The highest BCUT2D eigenvalue weighted by molar-refractivity contribution is 9.10. The predicted octanol–water partition coefficient (Wildman–Crippen LogP) is 6.60. The van der Waals surface area contributed by atoms with Crippen molar-refractivity contribution in [3.63, 3.8) is 0 Å². The minimum atomic E-state index is -0.673. The zero-order valence-corrected chi connectivity index (χ0v) is 24.7. The van der Waals surface area contributed by atoms with E-state index in [0.29, 0.717) is 25.3 Å². The topological polar surface area (TPSA) is 58.6 Å². The minimum absolute atomic E-state index is 0.00177. The van der Waals surface area contributed by atoms with Gasteiger partial charge in [-0.1, -0.05) is 93.9 Å². The second-order valence-electron chi connectivity index (χ2n) is 10.7. The van der Waals surface area contributed by atoms with E-state index >= 15 is 0 Å². The van der Waals surface area contributed by atoms with Crippen molar-refractivity contribution in [3.05, 3.63) is 99.5 Å². The number of rotatable bonds is 11. The van der Waals surface area contributed by atoms with Crippen molar-refractivity contribution < 1.29 is 14.3 Å². The Morgan fingerprint density at radius 1 is 0.974 bits per heavy atom. The van der Waals surface area contributed by atoms with Crippen LogP contribution in [0.5, 0.6) is 5.75 Å². The fourth-order valence-electron chi connectivity index (χ4n) is 4.12. The van der Waals surface area contributed by atoms with E-state index in [9.17, 15) is 9.59 Å². The lowest BCUT2D eigenvalue weighted by Gasteiger charge is -2.31. The van der Waals surface area contributed by atoms with Gasteiger partial charge in [-0.25, -0.2) is 0 Å². The molecule has 3 aromatic rings. The van der Waals surface area contributed by atoms with E-state index < -0.39 is 6.04 Å². The predicted molar refractivity (Wildman–Crippen MR) is 157 cm³/mol. The summed E-state index contributed by atoms with van der Waals surface area (Å²) >= 11 is 3.60. The first kappa shape index (κ1) is 29.4. The molecular weight excluding hydrogens is 540 g/mol. The Hall–Kier alpha value is -3.12. The maximum Gasteiger partial charge on any atom is 0.261 e. The summed E-state index contributed by atoms with van der Waals surface area (Å²) in [6.07, 6.45) is 1.23. The number of carbonyl (C=O) groups is 2. The molecule has 1 atom stereocenters. The maximum absolute atomic E-state index is 13.7. The molecule has 3 rings (SSSR count). The van der Waals surface area contributed by atoms with Crippen LogP contribution in [0, 0.1) is 6.92 Å². The molecule has 0 unspecified atom stereocenters. The molecule has 0 saturated heterocycles. The van der Waals surface area contributed by atoms with E-state index in [4.69, 9.17) is 4.74 Å². The first-order chi connectivity index (χ1) is 18.1. The highest BCUT2D eigenvalue weighted by atomic mass is 79.9. The number of amides is 2. The van der Waals surface area contributed by atoms with E-state index in [1.54, 1.807) is 4.90 Å². The Morgan fingerprint density at radius 2 is 1.66 bits per heavy atom. The zero-order valence-electron chi connectivity index (χ0n) is 23.1. The van der Waals surface area contributed by atoms with Gasteiger partial charge in [-0.2, -0.15) is 0 Å². The molecule has 1 N–H and O–H groups in total. The molecule has 6 heteroatoms. The van der Waals surface area contributed by atoms with Crippen LogP contribution in [0.3, 0.4) is 0 Å². The van der Waals surface area contributed by atoms with Crippen LogP contribution in [0.25, 0.3) is 0 Å². The normalized spacial score (nSPS) is 12.1. The highest BCUT2D eigenvalue weighted by Crippen LogP contribution is 2.31. The molecule has 202 valence electrons. The van der Waals surface area contributed by atoms with Crippen LogP contribution in [0.4, 0.5) is 0 Å². The van der Waals surface area contributed by atoms with Gasteiger partial charge < -0.3 is 15.0 Å². The standard InChI is InChI=1S/C32H39BrN2O3/c1-6-18-34-31(37)28(19-24-10-8-7-9-11-24)35(21-25-14-12-23(2)13-15-25)30(36)22-38-29-17-16-26(20-27(29)33)32(3,4)5/h7-17,20,28H,6,18-19,21-22H2,1-5H3,(H,34,37)/t28-/m1/s1. The van der Waals surface area contributed by atoms with Gasteiger partial charge in [-0.05, 0) is 63.5 Å².